The quantitative estimate of drug-likeness (QED) is 0.228. The Bertz CT molecular complexity index is 1460. The number of ether oxygens (including phenoxy) is 2. The van der Waals surface area contributed by atoms with Crippen molar-refractivity contribution >= 4 is 35.0 Å². The average molecular weight is 598 g/mol. The molecule has 43 heavy (non-hydrogen) atoms. The van der Waals surface area contributed by atoms with Gasteiger partial charge in [-0.15, -0.1) is 0 Å². The predicted molar refractivity (Wildman–Crippen MR) is 156 cm³/mol. The van der Waals surface area contributed by atoms with Crippen LogP contribution in [0, 0.1) is 11.8 Å². The third-order valence-electron chi connectivity index (χ3n) is 8.29. The predicted octanol–water partition coefficient (Wildman–Crippen LogP) is 1.84. The maximum atomic E-state index is 14.5. The largest absolute Gasteiger partial charge is 0.510 e. The van der Waals surface area contributed by atoms with E-state index in [1.54, 1.807) is 20.2 Å². The summed E-state index contributed by atoms with van der Waals surface area (Å²) in [5.74, 6) is -7.32. The molecule has 0 saturated carbocycles. The van der Waals surface area contributed by atoms with Crippen molar-refractivity contribution in [2.24, 2.45) is 11.8 Å². The first-order chi connectivity index (χ1) is 20.2. The van der Waals surface area contributed by atoms with Crippen molar-refractivity contribution in [3.05, 3.63) is 45.9 Å². The second kappa shape index (κ2) is 11.9. The first kappa shape index (κ1) is 31.9. The fourth-order valence-corrected chi connectivity index (χ4v) is 6.54. The lowest BCUT2D eigenvalue weighted by Crippen LogP contribution is -2.64. The topological polar surface area (TPSA) is 163 Å². The van der Waals surface area contributed by atoms with E-state index in [0.29, 0.717) is 18.8 Å². The number of rotatable bonds is 8. The summed E-state index contributed by atoms with van der Waals surface area (Å²) in [5.41, 5.74) is -1.84. The van der Waals surface area contributed by atoms with Gasteiger partial charge in [0, 0.05) is 45.1 Å². The Balaban J connectivity index is 2.01. The van der Waals surface area contributed by atoms with Gasteiger partial charge >= 0.3 is 5.97 Å². The number of esters is 1. The van der Waals surface area contributed by atoms with Crippen molar-refractivity contribution < 1.29 is 43.7 Å². The molecule has 3 N–H and O–H groups in total. The molecular weight excluding hydrogens is 558 g/mol. The molecule has 232 valence electrons. The van der Waals surface area contributed by atoms with E-state index in [9.17, 15) is 34.2 Å². The summed E-state index contributed by atoms with van der Waals surface area (Å²) >= 11 is 0. The number of amides is 2. The molecule has 0 heterocycles. The molecule has 3 aliphatic rings. The molecule has 4 rings (SSSR count). The molecule has 0 aliphatic heterocycles. The Morgan fingerprint density at radius 1 is 1.12 bits per heavy atom. The second-order valence-electron chi connectivity index (χ2n) is 11.7. The van der Waals surface area contributed by atoms with Gasteiger partial charge < -0.3 is 24.6 Å². The van der Waals surface area contributed by atoms with Gasteiger partial charge in [-0.2, -0.15) is 0 Å². The number of allylic oxidation sites excluding steroid dienone is 1. The van der Waals surface area contributed by atoms with Gasteiger partial charge in [0.25, 0.3) is 5.91 Å². The second-order valence-corrected chi connectivity index (χ2v) is 11.7. The van der Waals surface area contributed by atoms with Gasteiger partial charge in [-0.05, 0) is 57.0 Å². The summed E-state index contributed by atoms with van der Waals surface area (Å²) in [4.78, 5) is 69.1. The van der Waals surface area contributed by atoms with E-state index < -0.39 is 69.9 Å². The first-order valence-corrected chi connectivity index (χ1v) is 14.3. The van der Waals surface area contributed by atoms with E-state index >= 15 is 0 Å². The minimum atomic E-state index is -2.68. The molecule has 0 fully saturated rings. The molecule has 0 saturated heterocycles. The SMILES string of the molecule is CCCCOc1ccc(N(C)C)c2c1C(=O)C1=C(OC(C)=O)[C@]3(O)C(=O)C(C(=O)NC(C)=O)=C(O)C(N(C)C)[C@@H]3C[C@@H]1C2. The van der Waals surface area contributed by atoms with Crippen LogP contribution in [0.4, 0.5) is 5.69 Å². The van der Waals surface area contributed by atoms with Crippen molar-refractivity contribution in [2.45, 2.75) is 58.1 Å². The zero-order valence-electron chi connectivity index (χ0n) is 25.6. The number of nitrogens with zero attached hydrogens (tertiary/aromatic N) is 2. The Morgan fingerprint density at radius 3 is 2.35 bits per heavy atom. The summed E-state index contributed by atoms with van der Waals surface area (Å²) in [6.45, 7) is 4.51. The molecular formula is C31H39N3O9. The van der Waals surface area contributed by atoms with E-state index in [-0.39, 0.29) is 17.6 Å². The Labute approximate surface area is 250 Å². The van der Waals surface area contributed by atoms with Crippen LogP contribution in [-0.2, 0) is 30.3 Å². The smallest absolute Gasteiger partial charge is 0.307 e. The van der Waals surface area contributed by atoms with Crippen molar-refractivity contribution in [3.8, 4) is 5.75 Å². The number of aliphatic hydroxyl groups excluding tert-OH is 1. The van der Waals surface area contributed by atoms with Crippen molar-refractivity contribution in [2.75, 3.05) is 39.7 Å². The first-order valence-electron chi connectivity index (χ1n) is 14.3. The molecule has 0 bridgehead atoms. The summed E-state index contributed by atoms with van der Waals surface area (Å²) < 4.78 is 11.6. The van der Waals surface area contributed by atoms with Crippen molar-refractivity contribution in [3.63, 3.8) is 0 Å². The number of hydrogen-bond acceptors (Lipinski definition) is 11. The van der Waals surface area contributed by atoms with Gasteiger partial charge in [0.1, 0.15) is 17.1 Å². The lowest BCUT2D eigenvalue weighted by Gasteiger charge is -2.51. The van der Waals surface area contributed by atoms with Gasteiger partial charge in [-0.1, -0.05) is 13.3 Å². The summed E-state index contributed by atoms with van der Waals surface area (Å²) in [6.07, 6.45) is 1.96. The monoisotopic (exact) mass is 597 g/mol. The number of hydrogen-bond donors (Lipinski definition) is 3. The van der Waals surface area contributed by atoms with E-state index in [1.807, 2.05) is 37.3 Å². The van der Waals surface area contributed by atoms with Gasteiger partial charge in [0.05, 0.1) is 18.2 Å². The number of likely N-dealkylation sites (N-methyl/N-ethyl adjacent to an activating group) is 1. The molecule has 4 atom stereocenters. The normalized spacial score (nSPS) is 24.7. The minimum absolute atomic E-state index is 0.0375. The van der Waals surface area contributed by atoms with Gasteiger partial charge in [0.2, 0.25) is 11.7 Å². The molecule has 0 aromatic heterocycles. The van der Waals surface area contributed by atoms with Crippen LogP contribution >= 0.6 is 0 Å². The Hall–Kier alpha value is -4.03. The number of carbonyl (C=O) groups excluding carboxylic acids is 5. The van der Waals surface area contributed by atoms with Crippen LogP contribution in [0.1, 0.15) is 56.0 Å². The van der Waals surface area contributed by atoms with Crippen LogP contribution in [-0.4, -0.2) is 90.9 Å². The third-order valence-corrected chi connectivity index (χ3v) is 8.29. The fourth-order valence-electron chi connectivity index (χ4n) is 6.54. The zero-order valence-corrected chi connectivity index (χ0v) is 25.6. The number of Topliss-reactive ketones (excluding diaryl/α,β-unsaturated/α-hetero) is 2. The standard InChI is InChI=1S/C31H39N3O9/c1-8-9-12-42-21-11-10-20(33(4)5)18-13-17-14-19-25(34(6)7)27(38)24(30(40)32-15(2)35)28(39)31(19,41)29(43-16(3)36)22(17)26(37)23(18)21/h10-11,17,19,25,38,41H,8-9,12-14H2,1-7H3,(H,32,35,40)/t17-,19-,25?,31+/m0/s1. The van der Waals surface area contributed by atoms with Gasteiger partial charge in [0.15, 0.2) is 17.1 Å². The number of ketones is 2. The van der Waals surface area contributed by atoms with E-state index in [4.69, 9.17) is 9.47 Å². The summed E-state index contributed by atoms with van der Waals surface area (Å²) in [6, 6.07) is 2.47. The highest BCUT2D eigenvalue weighted by atomic mass is 16.5. The lowest BCUT2D eigenvalue weighted by molar-refractivity contribution is -0.156. The lowest BCUT2D eigenvalue weighted by atomic mass is 9.58. The summed E-state index contributed by atoms with van der Waals surface area (Å²) in [5, 5.41) is 25.6. The molecule has 12 nitrogen and oxygen atoms in total. The van der Waals surface area contributed by atoms with Crippen molar-refractivity contribution in [1.29, 1.82) is 0 Å². The number of imide groups is 1. The van der Waals surface area contributed by atoms with Crippen molar-refractivity contribution in [1.82, 2.24) is 10.2 Å². The van der Waals surface area contributed by atoms with Crippen LogP contribution in [0.2, 0.25) is 0 Å². The number of carbonyl (C=O) groups is 5. The van der Waals surface area contributed by atoms with Gasteiger partial charge in [-0.3, -0.25) is 34.2 Å². The molecule has 1 aromatic rings. The molecule has 0 radical (unpaired) electrons. The summed E-state index contributed by atoms with van der Waals surface area (Å²) in [7, 11) is 6.89. The molecule has 2 amide bonds. The average Bonchev–Trinajstić information content (AvgIpc) is 2.89. The minimum Gasteiger partial charge on any atom is -0.510 e. The molecule has 3 aliphatic carbocycles. The highest BCUT2D eigenvalue weighted by molar-refractivity contribution is 6.27. The van der Waals surface area contributed by atoms with Crippen LogP contribution in [0.3, 0.4) is 0 Å². The number of anilines is 1. The van der Waals surface area contributed by atoms with Crippen LogP contribution < -0.4 is 15.0 Å². The highest BCUT2D eigenvalue weighted by Crippen LogP contribution is 2.54. The number of unbranched alkanes of at least 4 members (excludes halogenated alkanes) is 1. The molecule has 12 heteroatoms. The number of benzene rings is 1. The maximum Gasteiger partial charge on any atom is 0.307 e. The number of fused-ring (bicyclic) bond motifs is 3. The third kappa shape index (κ3) is 5.33. The van der Waals surface area contributed by atoms with E-state index in [1.165, 1.54) is 4.90 Å². The van der Waals surface area contributed by atoms with Gasteiger partial charge in [-0.25, -0.2) is 0 Å². The van der Waals surface area contributed by atoms with E-state index in [2.05, 4.69) is 0 Å². The van der Waals surface area contributed by atoms with Crippen LogP contribution in [0.5, 0.6) is 5.75 Å². The highest BCUT2D eigenvalue weighted by Gasteiger charge is 2.64. The zero-order chi connectivity index (χ0) is 32.0. The molecule has 1 unspecified atom stereocenters. The number of nitrogens with one attached hydrogen (secondary N) is 1. The van der Waals surface area contributed by atoms with Crippen LogP contribution in [0.25, 0.3) is 0 Å². The maximum absolute atomic E-state index is 14.5. The Kier molecular flexibility index (Phi) is 8.85. The molecule has 0 spiro atoms. The fraction of sp³-hybridized carbons (Fsp3) is 0.516. The Morgan fingerprint density at radius 2 is 1.79 bits per heavy atom. The molecule has 1 aromatic carbocycles. The van der Waals surface area contributed by atoms with E-state index in [0.717, 1.165) is 37.9 Å². The van der Waals surface area contributed by atoms with Crippen LogP contribution in [0.15, 0.2) is 34.8 Å². The number of aliphatic hydroxyl groups is 2.